The number of carboxylic acids is 1. The summed E-state index contributed by atoms with van der Waals surface area (Å²) in [6.45, 7) is 1.89. The van der Waals surface area contributed by atoms with E-state index < -0.39 is 5.97 Å². The molecule has 1 saturated heterocycles. The predicted octanol–water partition coefficient (Wildman–Crippen LogP) is 1.24. The van der Waals surface area contributed by atoms with Gasteiger partial charge in [0.15, 0.2) is 0 Å². The molecule has 0 unspecified atom stereocenters. The molecule has 1 aliphatic heterocycles. The van der Waals surface area contributed by atoms with E-state index >= 15 is 0 Å². The molecule has 0 saturated carbocycles. The van der Waals surface area contributed by atoms with E-state index in [1.54, 1.807) is 0 Å². The Morgan fingerprint density at radius 2 is 2.19 bits per heavy atom. The number of carboxylic acid groups (broad SMARTS) is 1. The molecule has 0 bridgehead atoms. The van der Waals surface area contributed by atoms with Crippen LogP contribution in [0.2, 0.25) is 0 Å². The Hall–Kier alpha value is -1.24. The minimum atomic E-state index is -0.886. The molecule has 1 aliphatic rings. The number of thioether (sulfide) groups is 1. The van der Waals surface area contributed by atoms with E-state index in [2.05, 4.69) is 15.0 Å². The number of hydrogen-bond acceptors (Lipinski definition) is 6. The fraction of sp³-hybridized carbons (Fsp3) is 0.667. The smallest absolute Gasteiger partial charge is 0.314 e. The molecule has 6 nitrogen and oxygen atoms in total. The lowest BCUT2D eigenvalue weighted by molar-refractivity contribution is -0.133. The Labute approximate surface area is 97.0 Å². The average molecular weight is 243 g/mol. The Balaban J connectivity index is 1.93. The lowest BCUT2D eigenvalue weighted by Crippen LogP contribution is -2.30. The number of carbonyl (C=O) groups is 1. The molecule has 88 valence electrons. The first-order valence-electron chi connectivity index (χ1n) is 5.19. The first kappa shape index (κ1) is 11.3. The van der Waals surface area contributed by atoms with Crippen LogP contribution >= 0.6 is 11.8 Å². The van der Waals surface area contributed by atoms with Crippen LogP contribution in [-0.4, -0.2) is 40.1 Å². The summed E-state index contributed by atoms with van der Waals surface area (Å²) in [7, 11) is 0. The minimum absolute atomic E-state index is 0.0539. The van der Waals surface area contributed by atoms with Gasteiger partial charge in [0, 0.05) is 13.1 Å². The second-order valence-corrected chi connectivity index (χ2v) is 4.52. The van der Waals surface area contributed by atoms with Gasteiger partial charge in [-0.1, -0.05) is 11.8 Å². The van der Waals surface area contributed by atoms with E-state index in [9.17, 15) is 4.79 Å². The van der Waals surface area contributed by atoms with Crippen LogP contribution in [0.3, 0.4) is 0 Å². The molecule has 1 aromatic heterocycles. The number of nitrogens with zero attached hydrogens (tertiary/aromatic N) is 3. The van der Waals surface area contributed by atoms with Crippen molar-refractivity contribution in [3.63, 3.8) is 0 Å². The summed E-state index contributed by atoms with van der Waals surface area (Å²) in [5.41, 5.74) is 0. The van der Waals surface area contributed by atoms with E-state index in [-0.39, 0.29) is 5.75 Å². The Morgan fingerprint density at radius 1 is 1.44 bits per heavy atom. The third-order valence-electron chi connectivity index (χ3n) is 2.35. The van der Waals surface area contributed by atoms with Crippen LogP contribution in [0.15, 0.2) is 9.75 Å². The van der Waals surface area contributed by atoms with E-state index in [0.29, 0.717) is 11.2 Å². The van der Waals surface area contributed by atoms with Crippen molar-refractivity contribution in [2.45, 2.75) is 24.5 Å². The molecule has 0 atom stereocenters. The Bertz CT molecular complexity index is 363. The molecule has 0 aromatic carbocycles. The SMILES string of the molecule is O=C(O)CSc1nc(N2CCCCC2)no1. The zero-order valence-electron chi connectivity index (χ0n) is 8.76. The minimum Gasteiger partial charge on any atom is -0.481 e. The molecule has 2 rings (SSSR count). The van der Waals surface area contributed by atoms with Crippen molar-refractivity contribution >= 4 is 23.7 Å². The summed E-state index contributed by atoms with van der Waals surface area (Å²) in [6, 6.07) is 0. The van der Waals surface area contributed by atoms with Crippen LogP contribution in [0.1, 0.15) is 19.3 Å². The summed E-state index contributed by atoms with van der Waals surface area (Å²) < 4.78 is 4.97. The molecule has 0 radical (unpaired) electrons. The van der Waals surface area contributed by atoms with Gasteiger partial charge in [0.25, 0.3) is 11.2 Å². The highest BCUT2D eigenvalue weighted by atomic mass is 32.2. The fourth-order valence-corrected chi connectivity index (χ4v) is 2.09. The second kappa shape index (κ2) is 5.20. The molecule has 1 aromatic rings. The van der Waals surface area contributed by atoms with Crippen molar-refractivity contribution in [1.82, 2.24) is 10.1 Å². The van der Waals surface area contributed by atoms with Gasteiger partial charge in [0.2, 0.25) is 0 Å². The van der Waals surface area contributed by atoms with Gasteiger partial charge in [-0.3, -0.25) is 4.79 Å². The van der Waals surface area contributed by atoms with Crippen molar-refractivity contribution in [2.75, 3.05) is 23.7 Å². The van der Waals surface area contributed by atoms with Crippen LogP contribution in [0.4, 0.5) is 5.95 Å². The van der Waals surface area contributed by atoms with Gasteiger partial charge in [0.05, 0.1) is 0 Å². The molecule has 7 heteroatoms. The Kier molecular flexibility index (Phi) is 3.66. The summed E-state index contributed by atoms with van der Waals surface area (Å²) in [5, 5.41) is 12.7. The quantitative estimate of drug-likeness (QED) is 0.797. The number of anilines is 1. The molecule has 0 aliphatic carbocycles. The van der Waals surface area contributed by atoms with E-state index in [0.717, 1.165) is 37.7 Å². The van der Waals surface area contributed by atoms with Crippen LogP contribution in [0.25, 0.3) is 0 Å². The number of piperidine rings is 1. The Morgan fingerprint density at radius 3 is 2.88 bits per heavy atom. The van der Waals surface area contributed by atoms with Crippen molar-refractivity contribution < 1.29 is 14.4 Å². The maximum Gasteiger partial charge on any atom is 0.314 e. The summed E-state index contributed by atoms with van der Waals surface area (Å²) in [5.74, 6) is -0.364. The van der Waals surface area contributed by atoms with Gasteiger partial charge in [-0.25, -0.2) is 0 Å². The molecule has 2 heterocycles. The summed E-state index contributed by atoms with van der Waals surface area (Å²) in [6.07, 6.45) is 3.53. The zero-order valence-corrected chi connectivity index (χ0v) is 9.57. The largest absolute Gasteiger partial charge is 0.481 e. The zero-order chi connectivity index (χ0) is 11.4. The van der Waals surface area contributed by atoms with Crippen molar-refractivity contribution in [3.8, 4) is 0 Å². The third-order valence-corrected chi connectivity index (χ3v) is 3.16. The molecular weight excluding hydrogens is 230 g/mol. The number of aliphatic carboxylic acids is 1. The van der Waals surface area contributed by atoms with E-state index in [1.807, 2.05) is 0 Å². The first-order chi connectivity index (χ1) is 7.75. The van der Waals surface area contributed by atoms with Gasteiger partial charge >= 0.3 is 5.97 Å². The molecule has 0 spiro atoms. The van der Waals surface area contributed by atoms with Gasteiger partial charge in [-0.15, -0.1) is 0 Å². The highest BCUT2D eigenvalue weighted by Crippen LogP contribution is 2.21. The lowest BCUT2D eigenvalue weighted by Gasteiger charge is -2.24. The van der Waals surface area contributed by atoms with Gasteiger partial charge in [-0.05, 0) is 24.4 Å². The molecule has 16 heavy (non-hydrogen) atoms. The number of aromatic nitrogens is 2. The maximum atomic E-state index is 10.4. The predicted molar refractivity (Wildman–Crippen MR) is 58.7 cm³/mol. The lowest BCUT2D eigenvalue weighted by atomic mass is 10.1. The summed E-state index contributed by atoms with van der Waals surface area (Å²) >= 11 is 1.05. The maximum absolute atomic E-state index is 10.4. The number of rotatable bonds is 4. The molecule has 0 amide bonds. The molecular formula is C9H13N3O3S. The fourth-order valence-electron chi connectivity index (χ4n) is 1.61. The van der Waals surface area contributed by atoms with Gasteiger partial charge < -0.3 is 14.5 Å². The monoisotopic (exact) mass is 243 g/mol. The van der Waals surface area contributed by atoms with E-state index in [4.69, 9.17) is 9.63 Å². The van der Waals surface area contributed by atoms with Gasteiger partial charge in [0.1, 0.15) is 5.75 Å². The van der Waals surface area contributed by atoms with Crippen molar-refractivity contribution in [1.29, 1.82) is 0 Å². The normalized spacial score (nSPS) is 16.4. The standard InChI is InChI=1S/C9H13N3O3S/c13-7(14)6-16-9-10-8(11-15-9)12-4-2-1-3-5-12/h1-6H2,(H,13,14). The van der Waals surface area contributed by atoms with Crippen molar-refractivity contribution in [2.24, 2.45) is 0 Å². The van der Waals surface area contributed by atoms with E-state index in [1.165, 1.54) is 6.42 Å². The topological polar surface area (TPSA) is 79.5 Å². The second-order valence-electron chi connectivity index (χ2n) is 3.59. The highest BCUT2D eigenvalue weighted by molar-refractivity contribution is 7.99. The average Bonchev–Trinajstić information content (AvgIpc) is 2.76. The number of hydrogen-bond donors (Lipinski definition) is 1. The van der Waals surface area contributed by atoms with Crippen LogP contribution < -0.4 is 4.90 Å². The molecule has 1 fully saturated rings. The molecule has 1 N–H and O–H groups in total. The van der Waals surface area contributed by atoms with Crippen LogP contribution in [0.5, 0.6) is 0 Å². The highest BCUT2D eigenvalue weighted by Gasteiger charge is 2.17. The van der Waals surface area contributed by atoms with Crippen molar-refractivity contribution in [3.05, 3.63) is 0 Å². The summed E-state index contributed by atoms with van der Waals surface area (Å²) in [4.78, 5) is 16.6. The first-order valence-corrected chi connectivity index (χ1v) is 6.17. The van der Waals surface area contributed by atoms with Crippen LogP contribution in [0, 0.1) is 0 Å². The van der Waals surface area contributed by atoms with Gasteiger partial charge in [-0.2, -0.15) is 4.98 Å². The van der Waals surface area contributed by atoms with Crippen LogP contribution in [-0.2, 0) is 4.79 Å². The third kappa shape index (κ3) is 2.88.